The van der Waals surface area contributed by atoms with Crippen molar-refractivity contribution in [3.63, 3.8) is 0 Å². The Bertz CT molecular complexity index is 995. The molecule has 0 saturated carbocycles. The summed E-state index contributed by atoms with van der Waals surface area (Å²) in [6.07, 6.45) is 2.63. The lowest BCUT2D eigenvalue weighted by Crippen LogP contribution is -2.30. The normalized spacial score (nSPS) is 12.1. The van der Waals surface area contributed by atoms with Gasteiger partial charge >= 0.3 is 5.97 Å². The van der Waals surface area contributed by atoms with E-state index in [2.05, 4.69) is 10.3 Å². The Kier molecular flexibility index (Phi) is 4.65. The van der Waals surface area contributed by atoms with E-state index in [0.717, 1.165) is 16.5 Å². The first kappa shape index (κ1) is 17.0. The summed E-state index contributed by atoms with van der Waals surface area (Å²) in [5.74, 6) is 0.151. The van der Waals surface area contributed by atoms with E-state index >= 15 is 0 Å². The minimum Gasteiger partial charge on any atom is -0.454 e. The van der Waals surface area contributed by atoms with Crippen LogP contribution in [0, 0.1) is 0 Å². The lowest BCUT2D eigenvalue weighted by molar-refractivity contribution is -0.124. The second-order valence-electron chi connectivity index (χ2n) is 6.10. The lowest BCUT2D eigenvalue weighted by atomic mass is 10.1. The highest BCUT2D eigenvalue weighted by Gasteiger charge is 2.17. The van der Waals surface area contributed by atoms with Crippen molar-refractivity contribution in [1.29, 1.82) is 0 Å². The van der Waals surface area contributed by atoms with Gasteiger partial charge in [0.05, 0.1) is 5.56 Å². The lowest BCUT2D eigenvalue weighted by Gasteiger charge is -2.07. The number of amides is 1. The van der Waals surface area contributed by atoms with Crippen LogP contribution in [0.1, 0.15) is 15.9 Å². The number of benzene rings is 2. The molecular formula is C20H18N2O5. The second kappa shape index (κ2) is 7.41. The number of fused-ring (bicyclic) bond motifs is 2. The number of hydrogen-bond donors (Lipinski definition) is 2. The number of carbonyl (C=O) groups excluding carboxylic acids is 2. The van der Waals surface area contributed by atoms with Gasteiger partial charge in [-0.25, -0.2) is 4.79 Å². The van der Waals surface area contributed by atoms with E-state index in [1.807, 2.05) is 30.5 Å². The van der Waals surface area contributed by atoms with Crippen LogP contribution in [-0.2, 0) is 16.0 Å². The zero-order valence-corrected chi connectivity index (χ0v) is 14.5. The number of para-hydroxylation sites is 1. The highest BCUT2D eigenvalue weighted by Crippen LogP contribution is 2.32. The molecule has 0 bridgehead atoms. The van der Waals surface area contributed by atoms with Crippen molar-refractivity contribution in [2.75, 3.05) is 19.9 Å². The van der Waals surface area contributed by atoms with Gasteiger partial charge in [0, 0.05) is 23.6 Å². The van der Waals surface area contributed by atoms with Gasteiger partial charge in [-0.15, -0.1) is 0 Å². The zero-order valence-electron chi connectivity index (χ0n) is 14.5. The number of rotatable bonds is 6. The van der Waals surface area contributed by atoms with Gasteiger partial charge in [0.1, 0.15) is 0 Å². The fraction of sp³-hybridized carbons (Fsp3) is 0.200. The van der Waals surface area contributed by atoms with Gasteiger partial charge in [0.25, 0.3) is 5.91 Å². The minimum atomic E-state index is -0.583. The molecular weight excluding hydrogens is 348 g/mol. The van der Waals surface area contributed by atoms with E-state index in [9.17, 15) is 9.59 Å². The van der Waals surface area contributed by atoms with Gasteiger partial charge in [0.15, 0.2) is 18.1 Å². The topological polar surface area (TPSA) is 89.7 Å². The van der Waals surface area contributed by atoms with Crippen LogP contribution in [0.2, 0.25) is 0 Å². The number of esters is 1. The Hall–Kier alpha value is -3.48. The van der Waals surface area contributed by atoms with Gasteiger partial charge in [0.2, 0.25) is 6.79 Å². The largest absolute Gasteiger partial charge is 0.454 e. The van der Waals surface area contributed by atoms with Crippen molar-refractivity contribution in [3.05, 3.63) is 59.8 Å². The van der Waals surface area contributed by atoms with Crippen molar-refractivity contribution in [3.8, 4) is 11.5 Å². The number of hydrogen-bond acceptors (Lipinski definition) is 5. The van der Waals surface area contributed by atoms with Crippen LogP contribution < -0.4 is 14.8 Å². The molecule has 1 aliphatic heterocycles. The highest BCUT2D eigenvalue weighted by atomic mass is 16.7. The monoisotopic (exact) mass is 366 g/mol. The molecule has 7 heteroatoms. The van der Waals surface area contributed by atoms with Gasteiger partial charge < -0.3 is 24.5 Å². The molecule has 2 aromatic carbocycles. The number of carbonyl (C=O) groups is 2. The second-order valence-corrected chi connectivity index (χ2v) is 6.10. The van der Waals surface area contributed by atoms with Gasteiger partial charge in [-0.2, -0.15) is 0 Å². The standard InChI is InChI=1S/C20H18N2O5/c23-19(21-8-7-14-10-22-16-4-2-1-3-15(14)16)11-25-20(24)13-5-6-17-18(9-13)27-12-26-17/h1-6,9-10,22H,7-8,11-12H2,(H,21,23). The average Bonchev–Trinajstić information content (AvgIpc) is 3.32. The van der Waals surface area contributed by atoms with Gasteiger partial charge in [-0.1, -0.05) is 18.2 Å². The van der Waals surface area contributed by atoms with Crippen molar-refractivity contribution < 1.29 is 23.8 Å². The number of aromatic nitrogens is 1. The fourth-order valence-electron chi connectivity index (χ4n) is 2.96. The highest BCUT2D eigenvalue weighted by molar-refractivity contribution is 5.92. The summed E-state index contributed by atoms with van der Waals surface area (Å²) in [5, 5.41) is 3.90. The molecule has 1 amide bonds. The molecule has 0 unspecified atom stereocenters. The van der Waals surface area contributed by atoms with E-state index in [1.165, 1.54) is 0 Å². The quantitative estimate of drug-likeness (QED) is 0.654. The van der Waals surface area contributed by atoms with Crippen LogP contribution in [0.3, 0.4) is 0 Å². The number of H-pyrrole nitrogens is 1. The Labute approximate surface area is 155 Å². The van der Waals surface area contributed by atoms with E-state index in [4.69, 9.17) is 14.2 Å². The summed E-state index contributed by atoms with van der Waals surface area (Å²) in [4.78, 5) is 27.2. The van der Waals surface area contributed by atoms with Crippen molar-refractivity contribution in [2.24, 2.45) is 0 Å². The third-order valence-electron chi connectivity index (χ3n) is 4.33. The van der Waals surface area contributed by atoms with Crippen LogP contribution in [0.5, 0.6) is 11.5 Å². The maximum absolute atomic E-state index is 12.1. The summed E-state index contributed by atoms with van der Waals surface area (Å²) in [6.45, 7) is 0.260. The third-order valence-corrected chi connectivity index (χ3v) is 4.33. The van der Waals surface area contributed by atoms with Gasteiger partial charge in [-0.05, 0) is 36.2 Å². The Morgan fingerprint density at radius 3 is 2.89 bits per heavy atom. The molecule has 0 aliphatic carbocycles. The van der Waals surface area contributed by atoms with E-state index in [-0.39, 0.29) is 19.3 Å². The average molecular weight is 366 g/mol. The summed E-state index contributed by atoms with van der Waals surface area (Å²) in [6, 6.07) is 12.8. The molecule has 3 aromatic rings. The molecule has 2 heterocycles. The van der Waals surface area contributed by atoms with E-state index < -0.39 is 5.97 Å². The predicted molar refractivity (Wildman–Crippen MR) is 97.9 cm³/mol. The first-order valence-corrected chi connectivity index (χ1v) is 8.59. The molecule has 1 aliphatic rings. The van der Waals surface area contributed by atoms with Crippen LogP contribution >= 0.6 is 0 Å². The van der Waals surface area contributed by atoms with E-state index in [0.29, 0.717) is 30.0 Å². The molecule has 2 N–H and O–H groups in total. The number of nitrogens with one attached hydrogen (secondary N) is 2. The molecule has 0 spiro atoms. The van der Waals surface area contributed by atoms with Crippen LogP contribution in [0.25, 0.3) is 10.9 Å². The Balaban J connectivity index is 1.24. The molecule has 27 heavy (non-hydrogen) atoms. The first-order valence-electron chi connectivity index (χ1n) is 8.59. The van der Waals surface area contributed by atoms with Crippen molar-refractivity contribution >= 4 is 22.8 Å². The summed E-state index contributed by atoms with van der Waals surface area (Å²) < 4.78 is 15.5. The Morgan fingerprint density at radius 2 is 1.96 bits per heavy atom. The Morgan fingerprint density at radius 1 is 1.11 bits per heavy atom. The molecule has 0 atom stereocenters. The summed E-state index contributed by atoms with van der Waals surface area (Å²) in [5.41, 5.74) is 2.51. The van der Waals surface area contributed by atoms with Crippen molar-refractivity contribution in [2.45, 2.75) is 6.42 Å². The fourth-order valence-corrected chi connectivity index (χ4v) is 2.96. The molecule has 0 saturated heterocycles. The van der Waals surface area contributed by atoms with Gasteiger partial charge in [-0.3, -0.25) is 4.79 Å². The SMILES string of the molecule is O=C(COC(=O)c1ccc2c(c1)OCO2)NCCc1c[nH]c2ccccc12. The molecule has 1 aromatic heterocycles. The van der Waals surface area contributed by atoms with Crippen LogP contribution in [0.4, 0.5) is 0 Å². The third kappa shape index (κ3) is 3.72. The predicted octanol–water partition coefficient (Wildman–Crippen LogP) is 2.41. The van der Waals surface area contributed by atoms with Crippen molar-refractivity contribution in [1.82, 2.24) is 10.3 Å². The number of aromatic amines is 1. The molecule has 0 fully saturated rings. The maximum Gasteiger partial charge on any atom is 0.338 e. The first-order chi connectivity index (χ1) is 13.2. The number of ether oxygens (including phenoxy) is 3. The molecule has 4 rings (SSSR count). The summed E-state index contributed by atoms with van der Waals surface area (Å²) in [7, 11) is 0. The maximum atomic E-state index is 12.1. The smallest absolute Gasteiger partial charge is 0.338 e. The molecule has 138 valence electrons. The molecule has 7 nitrogen and oxygen atoms in total. The zero-order chi connectivity index (χ0) is 18.6. The summed E-state index contributed by atoms with van der Waals surface area (Å²) >= 11 is 0. The minimum absolute atomic E-state index is 0.132. The molecule has 0 radical (unpaired) electrons. The van der Waals surface area contributed by atoms with E-state index in [1.54, 1.807) is 18.2 Å². The van der Waals surface area contributed by atoms with Crippen LogP contribution in [0.15, 0.2) is 48.7 Å². The van der Waals surface area contributed by atoms with Crippen LogP contribution in [-0.4, -0.2) is 36.8 Å².